The minimum atomic E-state index is 0.160. The zero-order chi connectivity index (χ0) is 14.2. The lowest BCUT2D eigenvalue weighted by Gasteiger charge is -2.11. The summed E-state index contributed by atoms with van der Waals surface area (Å²) in [5.41, 5.74) is 2.25. The molecule has 0 saturated carbocycles. The Bertz CT molecular complexity index is 648. The molecule has 0 fully saturated rings. The van der Waals surface area contributed by atoms with Gasteiger partial charge in [0.25, 0.3) is 0 Å². The third kappa shape index (κ3) is 2.28. The predicted octanol–water partition coefficient (Wildman–Crippen LogP) is 3.08. The van der Waals surface area contributed by atoms with Crippen molar-refractivity contribution in [1.82, 2.24) is 9.13 Å². The van der Waals surface area contributed by atoms with E-state index in [4.69, 9.17) is 12.2 Å². The van der Waals surface area contributed by atoms with Crippen LogP contribution in [0.3, 0.4) is 0 Å². The van der Waals surface area contributed by atoms with E-state index in [1.165, 1.54) is 6.34 Å². The van der Waals surface area contributed by atoms with Gasteiger partial charge in [-0.3, -0.25) is 4.57 Å². The fourth-order valence-corrected chi connectivity index (χ4v) is 2.34. The Hall–Kier alpha value is -1.69. The Labute approximate surface area is 117 Å². The minimum Gasteiger partial charge on any atom is -0.493 e. The van der Waals surface area contributed by atoms with Gasteiger partial charge in [0.15, 0.2) is 4.77 Å². The molecule has 1 unspecified atom stereocenters. The molecule has 1 N–H and O–H groups in total. The summed E-state index contributed by atoms with van der Waals surface area (Å²) >= 11 is 5.38. The summed E-state index contributed by atoms with van der Waals surface area (Å²) in [6.45, 7) is 5.98. The Morgan fingerprint density at radius 2 is 2.21 bits per heavy atom. The van der Waals surface area contributed by atoms with Crippen LogP contribution in [-0.2, 0) is 7.05 Å². The van der Waals surface area contributed by atoms with Crippen LogP contribution in [0.25, 0.3) is 6.08 Å². The molecule has 0 amide bonds. The summed E-state index contributed by atoms with van der Waals surface area (Å²) < 4.78 is 4.17. The number of hydrogen-bond acceptors (Lipinski definition) is 4. The van der Waals surface area contributed by atoms with Gasteiger partial charge < -0.3 is 9.67 Å². The van der Waals surface area contributed by atoms with Crippen LogP contribution in [-0.4, -0.2) is 26.3 Å². The van der Waals surface area contributed by atoms with Crippen LogP contribution in [0.15, 0.2) is 15.7 Å². The van der Waals surface area contributed by atoms with E-state index < -0.39 is 0 Å². The van der Waals surface area contributed by atoms with Gasteiger partial charge >= 0.3 is 0 Å². The lowest BCUT2D eigenvalue weighted by Crippen LogP contribution is -2.04. The van der Waals surface area contributed by atoms with Crippen LogP contribution in [0.4, 0.5) is 0 Å². The van der Waals surface area contributed by atoms with Gasteiger partial charge in [-0.15, -0.1) is 0 Å². The first-order chi connectivity index (χ1) is 8.97. The monoisotopic (exact) mass is 278 g/mol. The maximum Gasteiger partial charge on any atom is 0.218 e. The SMILES string of the molecule is CCC(C)n1c(O)c(C=C2N=CN=C2C)n(C)c1=S. The van der Waals surface area contributed by atoms with Gasteiger partial charge in [-0.05, 0) is 38.6 Å². The van der Waals surface area contributed by atoms with Gasteiger partial charge in [-0.25, -0.2) is 9.98 Å². The van der Waals surface area contributed by atoms with E-state index in [-0.39, 0.29) is 11.9 Å². The normalized spacial score (nSPS) is 18.1. The topological polar surface area (TPSA) is 54.8 Å². The number of aromatic hydroxyl groups is 1. The molecule has 0 aromatic carbocycles. The molecule has 6 heteroatoms. The van der Waals surface area contributed by atoms with E-state index in [0.29, 0.717) is 10.5 Å². The highest BCUT2D eigenvalue weighted by Gasteiger charge is 2.18. The zero-order valence-electron chi connectivity index (χ0n) is 11.6. The standard InChI is InChI=1S/C13H18N4OS/c1-5-8(2)17-12(18)11(16(4)13(17)19)6-10-9(3)14-7-15-10/h6-8,18H,5H2,1-4H3. The maximum atomic E-state index is 10.4. The maximum absolute atomic E-state index is 10.4. The molecule has 1 aromatic heterocycles. The number of aliphatic imine (C=N–C) groups is 2. The van der Waals surface area contributed by atoms with Crippen molar-refractivity contribution in [1.29, 1.82) is 0 Å². The van der Waals surface area contributed by atoms with E-state index >= 15 is 0 Å². The van der Waals surface area contributed by atoms with Crippen LogP contribution < -0.4 is 0 Å². The van der Waals surface area contributed by atoms with E-state index in [9.17, 15) is 5.11 Å². The molecule has 1 atom stereocenters. The first-order valence-corrected chi connectivity index (χ1v) is 6.67. The minimum absolute atomic E-state index is 0.160. The summed E-state index contributed by atoms with van der Waals surface area (Å²) in [6, 6.07) is 0.160. The van der Waals surface area contributed by atoms with Crippen molar-refractivity contribution in [2.24, 2.45) is 17.0 Å². The van der Waals surface area contributed by atoms with Gasteiger partial charge in [0.05, 0.1) is 11.4 Å². The zero-order valence-corrected chi connectivity index (χ0v) is 12.4. The molecule has 1 aromatic rings. The molecule has 1 aliphatic heterocycles. The summed E-state index contributed by atoms with van der Waals surface area (Å²) in [5.74, 6) is 0.184. The number of aromatic nitrogens is 2. The van der Waals surface area contributed by atoms with Crippen molar-refractivity contribution in [3.05, 3.63) is 16.2 Å². The summed E-state index contributed by atoms with van der Waals surface area (Å²) in [4.78, 5) is 8.25. The first-order valence-electron chi connectivity index (χ1n) is 6.26. The quantitative estimate of drug-likeness (QED) is 0.864. The molecule has 0 aliphatic carbocycles. The third-order valence-corrected chi connectivity index (χ3v) is 3.91. The molecule has 19 heavy (non-hydrogen) atoms. The van der Waals surface area contributed by atoms with E-state index in [0.717, 1.165) is 17.8 Å². The van der Waals surface area contributed by atoms with Crippen LogP contribution >= 0.6 is 12.2 Å². The summed E-state index contributed by atoms with van der Waals surface area (Å²) in [5, 5.41) is 10.4. The molecule has 1 aliphatic rings. The number of imidazole rings is 1. The van der Waals surface area contributed by atoms with Crippen molar-refractivity contribution in [2.45, 2.75) is 33.2 Å². The average molecular weight is 278 g/mol. The van der Waals surface area contributed by atoms with Crippen LogP contribution in [0.2, 0.25) is 0 Å². The summed E-state index contributed by atoms with van der Waals surface area (Å²) in [7, 11) is 1.85. The third-order valence-electron chi connectivity index (χ3n) is 3.44. The second-order valence-corrected chi connectivity index (χ2v) is 5.03. The molecule has 2 rings (SSSR count). The number of allylic oxidation sites excluding steroid dienone is 1. The highest BCUT2D eigenvalue weighted by Crippen LogP contribution is 2.28. The van der Waals surface area contributed by atoms with Gasteiger partial charge in [0.1, 0.15) is 12.0 Å². The largest absolute Gasteiger partial charge is 0.493 e. The highest BCUT2D eigenvalue weighted by atomic mass is 32.1. The smallest absolute Gasteiger partial charge is 0.218 e. The molecule has 0 spiro atoms. The average Bonchev–Trinajstić information content (AvgIpc) is 2.87. The van der Waals surface area contributed by atoms with Crippen molar-refractivity contribution in [3.63, 3.8) is 0 Å². The van der Waals surface area contributed by atoms with E-state index in [1.54, 1.807) is 9.13 Å². The fourth-order valence-electron chi connectivity index (χ4n) is 1.98. The predicted molar refractivity (Wildman–Crippen MR) is 80.5 cm³/mol. The molecular weight excluding hydrogens is 260 g/mol. The Balaban J connectivity index is 2.58. The number of hydrogen-bond donors (Lipinski definition) is 1. The van der Waals surface area contributed by atoms with Crippen LogP contribution in [0, 0.1) is 4.77 Å². The summed E-state index contributed by atoms with van der Waals surface area (Å²) in [6.07, 6.45) is 4.23. The number of rotatable bonds is 3. The molecule has 0 saturated heterocycles. The Morgan fingerprint density at radius 1 is 1.53 bits per heavy atom. The Morgan fingerprint density at radius 3 is 2.74 bits per heavy atom. The number of nitrogens with zero attached hydrogens (tertiary/aromatic N) is 4. The van der Waals surface area contributed by atoms with Gasteiger partial charge in [0, 0.05) is 13.1 Å². The van der Waals surface area contributed by atoms with Crippen molar-refractivity contribution < 1.29 is 5.11 Å². The van der Waals surface area contributed by atoms with E-state index in [2.05, 4.69) is 16.9 Å². The van der Waals surface area contributed by atoms with Crippen molar-refractivity contribution >= 4 is 30.3 Å². The van der Waals surface area contributed by atoms with Gasteiger partial charge in [0.2, 0.25) is 5.88 Å². The highest BCUT2D eigenvalue weighted by molar-refractivity contribution is 7.71. The lowest BCUT2D eigenvalue weighted by atomic mass is 10.2. The molecule has 0 bridgehead atoms. The molecular formula is C13H18N4OS. The molecule has 102 valence electrons. The van der Waals surface area contributed by atoms with Crippen molar-refractivity contribution in [2.75, 3.05) is 0 Å². The van der Waals surface area contributed by atoms with E-state index in [1.807, 2.05) is 27.0 Å². The fraction of sp³-hybridized carbons (Fsp3) is 0.462. The Kier molecular flexibility index (Phi) is 3.71. The first kappa shape index (κ1) is 13.7. The van der Waals surface area contributed by atoms with Crippen LogP contribution in [0.1, 0.15) is 38.9 Å². The molecule has 0 radical (unpaired) electrons. The van der Waals surface area contributed by atoms with Gasteiger partial charge in [-0.1, -0.05) is 6.92 Å². The van der Waals surface area contributed by atoms with Crippen molar-refractivity contribution in [3.8, 4) is 5.88 Å². The molecule has 2 heterocycles. The van der Waals surface area contributed by atoms with Crippen LogP contribution in [0.5, 0.6) is 5.88 Å². The second-order valence-electron chi connectivity index (χ2n) is 4.67. The molecule has 5 nitrogen and oxygen atoms in total. The second kappa shape index (κ2) is 5.13. The lowest BCUT2D eigenvalue weighted by molar-refractivity contribution is 0.383. The van der Waals surface area contributed by atoms with Gasteiger partial charge in [-0.2, -0.15) is 0 Å².